The van der Waals surface area contributed by atoms with Gasteiger partial charge in [-0.25, -0.2) is 9.97 Å². The van der Waals surface area contributed by atoms with Crippen LogP contribution in [0.2, 0.25) is 5.02 Å². The molecule has 0 aliphatic rings. The van der Waals surface area contributed by atoms with Gasteiger partial charge in [0.1, 0.15) is 17.8 Å². The highest BCUT2D eigenvalue weighted by molar-refractivity contribution is 6.32. The van der Waals surface area contributed by atoms with Crippen molar-refractivity contribution in [2.75, 3.05) is 24.9 Å². The van der Waals surface area contributed by atoms with E-state index in [-0.39, 0.29) is 28.1 Å². The highest BCUT2D eigenvalue weighted by Crippen LogP contribution is 2.39. The summed E-state index contributed by atoms with van der Waals surface area (Å²) >= 11 is 6.18. The van der Waals surface area contributed by atoms with Gasteiger partial charge in [-0.05, 0) is 37.3 Å². The fourth-order valence-electron chi connectivity index (χ4n) is 2.74. The summed E-state index contributed by atoms with van der Waals surface area (Å²) < 4.78 is 10.5. The van der Waals surface area contributed by atoms with E-state index in [1.54, 1.807) is 30.3 Å². The molecule has 0 atom stereocenters. The van der Waals surface area contributed by atoms with Crippen LogP contribution >= 0.6 is 11.6 Å². The van der Waals surface area contributed by atoms with Gasteiger partial charge in [0.2, 0.25) is 11.6 Å². The van der Waals surface area contributed by atoms with Crippen molar-refractivity contribution in [2.45, 2.75) is 6.92 Å². The second-order valence-electron chi connectivity index (χ2n) is 6.25. The first-order valence-corrected chi connectivity index (χ1v) is 9.27. The normalized spacial score (nSPS) is 10.3. The summed E-state index contributed by atoms with van der Waals surface area (Å²) in [5.74, 6) is 0.554. The third kappa shape index (κ3) is 4.81. The zero-order chi connectivity index (χ0) is 22.5. The van der Waals surface area contributed by atoms with Gasteiger partial charge in [-0.2, -0.15) is 0 Å². The average Bonchev–Trinajstić information content (AvgIpc) is 2.74. The number of methoxy groups -OCH3 is 2. The molecule has 0 unspecified atom stereocenters. The maximum atomic E-state index is 11.8. The van der Waals surface area contributed by atoms with E-state index in [0.29, 0.717) is 28.4 Å². The molecule has 1 aromatic heterocycles. The molecule has 0 amide bonds. The molecular formula is C20H18ClN5O5. The lowest BCUT2D eigenvalue weighted by atomic mass is 10.1. The number of rotatable bonds is 8. The average molecular weight is 444 g/mol. The summed E-state index contributed by atoms with van der Waals surface area (Å²) in [5.41, 5.74) is 1.01. The number of halogens is 1. The Morgan fingerprint density at radius 2 is 1.65 bits per heavy atom. The lowest BCUT2D eigenvalue weighted by Gasteiger charge is -2.14. The van der Waals surface area contributed by atoms with Crippen LogP contribution in [0.5, 0.6) is 11.5 Å². The molecule has 0 bridgehead atoms. The molecule has 3 aromatic rings. The molecule has 160 valence electrons. The smallest absolute Gasteiger partial charge is 0.353 e. The van der Waals surface area contributed by atoms with Gasteiger partial charge in [0, 0.05) is 17.3 Å². The van der Waals surface area contributed by atoms with Crippen molar-refractivity contribution in [1.82, 2.24) is 9.97 Å². The lowest BCUT2D eigenvalue weighted by Crippen LogP contribution is -2.06. The van der Waals surface area contributed by atoms with Crippen molar-refractivity contribution in [3.05, 3.63) is 63.4 Å². The summed E-state index contributed by atoms with van der Waals surface area (Å²) in [5, 5.41) is 17.9. The van der Waals surface area contributed by atoms with E-state index in [1.165, 1.54) is 33.5 Å². The minimum Gasteiger partial charge on any atom is -0.495 e. The number of hydrogen-bond donors (Lipinski definition) is 2. The van der Waals surface area contributed by atoms with Gasteiger partial charge >= 0.3 is 5.69 Å². The number of anilines is 4. The monoisotopic (exact) mass is 443 g/mol. The minimum absolute atomic E-state index is 0.0309. The second-order valence-corrected chi connectivity index (χ2v) is 6.65. The van der Waals surface area contributed by atoms with Crippen LogP contribution in [0, 0.1) is 10.1 Å². The van der Waals surface area contributed by atoms with E-state index in [9.17, 15) is 14.9 Å². The first-order chi connectivity index (χ1) is 14.8. The van der Waals surface area contributed by atoms with E-state index in [2.05, 4.69) is 20.6 Å². The fraction of sp³-hybridized carbons (Fsp3) is 0.150. The Labute approximate surface area is 182 Å². The molecule has 0 fully saturated rings. The van der Waals surface area contributed by atoms with E-state index < -0.39 is 4.92 Å². The number of hydrogen-bond acceptors (Lipinski definition) is 9. The van der Waals surface area contributed by atoms with Crippen LogP contribution in [0.4, 0.5) is 28.7 Å². The lowest BCUT2D eigenvalue weighted by molar-refractivity contribution is -0.383. The Bertz CT molecular complexity index is 1140. The van der Waals surface area contributed by atoms with Gasteiger partial charge in [-0.1, -0.05) is 11.6 Å². The number of nitrogens with zero attached hydrogens (tertiary/aromatic N) is 3. The van der Waals surface area contributed by atoms with Crippen molar-refractivity contribution in [2.24, 2.45) is 0 Å². The van der Waals surface area contributed by atoms with E-state index >= 15 is 0 Å². The summed E-state index contributed by atoms with van der Waals surface area (Å²) in [6, 6.07) is 9.54. The number of carbonyl (C=O) groups is 1. The van der Waals surface area contributed by atoms with Gasteiger partial charge in [-0.15, -0.1) is 0 Å². The number of nitro groups is 1. The number of Topliss-reactive ketones (excluding diaryl/α,β-unsaturated/α-hetero) is 1. The molecule has 31 heavy (non-hydrogen) atoms. The molecule has 0 saturated heterocycles. The SMILES string of the molecule is COc1cc(OC)c(Nc2ncnc(Nc3ccc(C(C)=O)cc3)c2[N+](=O)[O-])cc1Cl. The summed E-state index contributed by atoms with van der Waals surface area (Å²) in [4.78, 5) is 30.6. The number of benzene rings is 2. The summed E-state index contributed by atoms with van der Waals surface area (Å²) in [7, 11) is 2.91. The molecule has 0 radical (unpaired) electrons. The van der Waals surface area contributed by atoms with Crippen LogP contribution in [-0.2, 0) is 0 Å². The second kappa shape index (κ2) is 9.26. The number of ether oxygens (including phenoxy) is 2. The van der Waals surface area contributed by atoms with E-state index in [4.69, 9.17) is 21.1 Å². The molecular weight excluding hydrogens is 426 g/mol. The van der Waals surface area contributed by atoms with Crippen molar-refractivity contribution >= 4 is 46.1 Å². The van der Waals surface area contributed by atoms with Gasteiger partial charge in [0.15, 0.2) is 5.78 Å². The largest absolute Gasteiger partial charge is 0.495 e. The Morgan fingerprint density at radius 1 is 1.03 bits per heavy atom. The standard InChI is InChI=1S/C20H18ClN5O5/c1-11(27)12-4-6-13(7-5-12)24-19-18(26(28)29)20(23-10-22-19)25-15-8-14(21)16(30-2)9-17(15)31-3/h4-10H,1-3H3,(H2,22,23,24,25). The van der Waals surface area contributed by atoms with Crippen LogP contribution in [0.25, 0.3) is 0 Å². The Hall–Kier alpha value is -3.92. The van der Waals surface area contributed by atoms with Crippen LogP contribution in [-0.4, -0.2) is 34.9 Å². The number of ketones is 1. The van der Waals surface area contributed by atoms with Crippen LogP contribution in [0.3, 0.4) is 0 Å². The van der Waals surface area contributed by atoms with Gasteiger partial charge in [0.25, 0.3) is 0 Å². The van der Waals surface area contributed by atoms with Crippen LogP contribution < -0.4 is 20.1 Å². The van der Waals surface area contributed by atoms with Crippen molar-refractivity contribution in [3.63, 3.8) is 0 Å². The maximum Gasteiger partial charge on any atom is 0.353 e. The molecule has 0 aliphatic heterocycles. The number of carbonyl (C=O) groups excluding carboxylic acids is 1. The van der Waals surface area contributed by atoms with Crippen LogP contribution in [0.15, 0.2) is 42.7 Å². The maximum absolute atomic E-state index is 11.8. The zero-order valence-corrected chi connectivity index (χ0v) is 17.6. The third-order valence-corrected chi connectivity index (χ3v) is 4.58. The van der Waals surface area contributed by atoms with Crippen molar-refractivity contribution < 1.29 is 19.2 Å². The third-order valence-electron chi connectivity index (χ3n) is 4.29. The highest BCUT2D eigenvalue weighted by Gasteiger charge is 2.24. The minimum atomic E-state index is -0.605. The van der Waals surface area contributed by atoms with Crippen molar-refractivity contribution in [1.29, 1.82) is 0 Å². The summed E-state index contributed by atoms with van der Waals surface area (Å²) in [6.07, 6.45) is 1.18. The Morgan fingerprint density at radius 3 is 2.19 bits per heavy atom. The highest BCUT2D eigenvalue weighted by atomic mass is 35.5. The van der Waals surface area contributed by atoms with Gasteiger partial charge in [-0.3, -0.25) is 14.9 Å². The molecule has 0 spiro atoms. The molecule has 3 rings (SSSR count). The first kappa shape index (κ1) is 21.8. The number of aromatic nitrogens is 2. The van der Waals surface area contributed by atoms with E-state index in [0.717, 1.165) is 0 Å². The predicted octanol–water partition coefficient (Wildman–Crippen LogP) is 4.75. The van der Waals surface area contributed by atoms with E-state index in [1.807, 2.05) is 0 Å². The topological polar surface area (TPSA) is 129 Å². The molecule has 0 saturated carbocycles. The quantitative estimate of drug-likeness (QED) is 0.288. The zero-order valence-electron chi connectivity index (χ0n) is 16.8. The summed E-state index contributed by atoms with van der Waals surface area (Å²) in [6.45, 7) is 1.45. The molecule has 0 aliphatic carbocycles. The number of nitrogens with one attached hydrogen (secondary N) is 2. The fourth-order valence-corrected chi connectivity index (χ4v) is 2.99. The Kier molecular flexibility index (Phi) is 6.51. The van der Waals surface area contributed by atoms with Crippen LogP contribution in [0.1, 0.15) is 17.3 Å². The Balaban J connectivity index is 1.98. The van der Waals surface area contributed by atoms with Gasteiger partial charge in [0.05, 0.1) is 29.9 Å². The first-order valence-electron chi connectivity index (χ1n) is 8.90. The van der Waals surface area contributed by atoms with Gasteiger partial charge < -0.3 is 20.1 Å². The molecule has 2 aromatic carbocycles. The molecule has 2 N–H and O–H groups in total. The van der Waals surface area contributed by atoms with Crippen molar-refractivity contribution in [3.8, 4) is 11.5 Å². The molecule has 1 heterocycles. The predicted molar refractivity (Wildman–Crippen MR) is 116 cm³/mol. The molecule has 11 heteroatoms. The molecule has 10 nitrogen and oxygen atoms in total.